The molecule has 0 amide bonds. The number of rotatable bonds is 0. The average molecular weight is 225 g/mol. The molecule has 15 heavy (non-hydrogen) atoms. The minimum absolute atomic E-state index is 0.514. The van der Waals surface area contributed by atoms with Crippen molar-refractivity contribution in [3.63, 3.8) is 0 Å². The summed E-state index contributed by atoms with van der Waals surface area (Å²) in [6.07, 6.45) is 1.71. The molecular formula is C10H13ClN4. The third kappa shape index (κ3) is 1.54. The topological polar surface area (TPSA) is 40.2 Å². The van der Waals surface area contributed by atoms with Crippen LogP contribution in [0.5, 0.6) is 0 Å². The molecule has 5 heteroatoms. The van der Waals surface area contributed by atoms with E-state index < -0.39 is 0 Å². The molecule has 0 bridgehead atoms. The molecule has 2 aliphatic rings. The van der Waals surface area contributed by atoms with Crippen LogP contribution in [0.3, 0.4) is 0 Å². The fourth-order valence-corrected chi connectivity index (χ4v) is 2.40. The van der Waals surface area contributed by atoms with E-state index in [9.17, 15) is 0 Å². The minimum atomic E-state index is 0.514. The quantitative estimate of drug-likeness (QED) is 0.688. The number of fused-ring (bicyclic) bond motifs is 3. The number of anilines is 2. The third-order valence-electron chi connectivity index (χ3n) is 2.98. The van der Waals surface area contributed by atoms with E-state index in [0.29, 0.717) is 11.1 Å². The summed E-state index contributed by atoms with van der Waals surface area (Å²) in [5, 5.41) is 7.45. The molecular weight excluding hydrogens is 212 g/mol. The third-order valence-corrected chi connectivity index (χ3v) is 3.19. The van der Waals surface area contributed by atoms with Gasteiger partial charge in [0.15, 0.2) is 5.82 Å². The van der Waals surface area contributed by atoms with Crippen LogP contribution in [0.25, 0.3) is 0 Å². The van der Waals surface area contributed by atoms with E-state index in [0.717, 1.165) is 37.7 Å². The number of aromatic nitrogens is 1. The lowest BCUT2D eigenvalue weighted by Crippen LogP contribution is -2.56. The number of hydrogen-bond acceptors (Lipinski definition) is 4. The molecule has 0 aliphatic carbocycles. The van der Waals surface area contributed by atoms with Crippen molar-refractivity contribution in [1.82, 2.24) is 10.3 Å². The average Bonchev–Trinajstić information content (AvgIpc) is 2.28. The maximum absolute atomic E-state index is 5.92. The predicted octanol–water partition coefficient (Wildman–Crippen LogP) is 0.939. The van der Waals surface area contributed by atoms with E-state index >= 15 is 0 Å². The van der Waals surface area contributed by atoms with Gasteiger partial charge in [0.1, 0.15) is 0 Å². The van der Waals surface area contributed by atoms with Crippen molar-refractivity contribution >= 4 is 23.1 Å². The molecule has 3 rings (SSSR count). The Balaban J connectivity index is 1.99. The van der Waals surface area contributed by atoms with Crippen LogP contribution in [0.2, 0.25) is 5.02 Å². The maximum atomic E-state index is 5.92. The van der Waals surface area contributed by atoms with E-state index in [1.54, 1.807) is 6.20 Å². The summed E-state index contributed by atoms with van der Waals surface area (Å²) >= 11 is 5.92. The fraction of sp³-hybridized carbons (Fsp3) is 0.500. The first-order valence-electron chi connectivity index (χ1n) is 5.21. The van der Waals surface area contributed by atoms with Crippen LogP contribution in [-0.2, 0) is 0 Å². The molecule has 2 N–H and O–H groups in total. The van der Waals surface area contributed by atoms with Gasteiger partial charge in [-0.3, -0.25) is 0 Å². The summed E-state index contributed by atoms with van der Waals surface area (Å²) in [6, 6.07) is 2.46. The fourth-order valence-electron chi connectivity index (χ4n) is 2.24. The molecule has 0 saturated carbocycles. The van der Waals surface area contributed by atoms with Crippen LogP contribution < -0.4 is 15.5 Å². The van der Waals surface area contributed by atoms with Crippen molar-refractivity contribution in [2.45, 2.75) is 6.04 Å². The Morgan fingerprint density at radius 1 is 1.47 bits per heavy atom. The van der Waals surface area contributed by atoms with Crippen molar-refractivity contribution in [3.8, 4) is 0 Å². The zero-order chi connectivity index (χ0) is 10.3. The van der Waals surface area contributed by atoms with Crippen molar-refractivity contribution in [2.24, 2.45) is 0 Å². The zero-order valence-electron chi connectivity index (χ0n) is 8.33. The number of piperazine rings is 1. The highest BCUT2D eigenvalue weighted by Crippen LogP contribution is 2.31. The lowest BCUT2D eigenvalue weighted by Gasteiger charge is -2.41. The summed E-state index contributed by atoms with van der Waals surface area (Å²) in [4.78, 5) is 6.77. The van der Waals surface area contributed by atoms with Crippen LogP contribution >= 0.6 is 11.6 Å². The second-order valence-electron chi connectivity index (χ2n) is 3.96. The van der Waals surface area contributed by atoms with E-state index in [4.69, 9.17) is 11.6 Å². The monoisotopic (exact) mass is 224 g/mol. The maximum Gasteiger partial charge on any atom is 0.152 e. The van der Waals surface area contributed by atoms with Crippen LogP contribution in [0.4, 0.5) is 11.5 Å². The van der Waals surface area contributed by atoms with Gasteiger partial charge in [0.25, 0.3) is 0 Å². The van der Waals surface area contributed by atoms with Gasteiger partial charge >= 0.3 is 0 Å². The highest BCUT2D eigenvalue weighted by Gasteiger charge is 2.29. The Labute approximate surface area is 93.6 Å². The predicted molar refractivity (Wildman–Crippen MR) is 61.7 cm³/mol. The molecule has 1 saturated heterocycles. The molecule has 0 aromatic carbocycles. The molecule has 1 atom stereocenters. The van der Waals surface area contributed by atoms with E-state index in [1.807, 2.05) is 6.07 Å². The first kappa shape index (κ1) is 9.24. The largest absolute Gasteiger partial charge is 0.380 e. The first-order chi connectivity index (χ1) is 7.34. The molecule has 0 radical (unpaired) electrons. The van der Waals surface area contributed by atoms with Gasteiger partial charge < -0.3 is 15.5 Å². The number of hydrogen-bond donors (Lipinski definition) is 2. The van der Waals surface area contributed by atoms with Crippen molar-refractivity contribution in [3.05, 3.63) is 17.3 Å². The number of nitrogens with zero attached hydrogens (tertiary/aromatic N) is 2. The zero-order valence-corrected chi connectivity index (χ0v) is 9.09. The Bertz CT molecular complexity index is 382. The van der Waals surface area contributed by atoms with Crippen molar-refractivity contribution in [1.29, 1.82) is 0 Å². The molecule has 3 heterocycles. The summed E-state index contributed by atoms with van der Waals surface area (Å²) in [5.41, 5.74) is 1.06. The molecule has 1 fully saturated rings. The summed E-state index contributed by atoms with van der Waals surface area (Å²) in [6.45, 7) is 4.03. The van der Waals surface area contributed by atoms with E-state index in [2.05, 4.69) is 20.5 Å². The van der Waals surface area contributed by atoms with Crippen LogP contribution in [0.1, 0.15) is 0 Å². The summed E-state index contributed by atoms with van der Waals surface area (Å²) < 4.78 is 0. The molecule has 4 nitrogen and oxygen atoms in total. The Kier molecular flexibility index (Phi) is 2.18. The normalized spacial score (nSPS) is 24.1. The molecule has 80 valence electrons. The second kappa shape index (κ2) is 3.54. The SMILES string of the molecule is Clc1cnc2c(c1)NCC1CNCCN21. The molecule has 1 aromatic rings. The minimum Gasteiger partial charge on any atom is -0.380 e. The van der Waals surface area contributed by atoms with Crippen molar-refractivity contribution in [2.75, 3.05) is 36.4 Å². The van der Waals surface area contributed by atoms with E-state index in [1.165, 1.54) is 0 Å². The molecule has 2 aliphatic heterocycles. The molecule has 0 spiro atoms. The first-order valence-corrected chi connectivity index (χ1v) is 5.59. The van der Waals surface area contributed by atoms with Gasteiger partial charge in [0.2, 0.25) is 0 Å². The Morgan fingerprint density at radius 2 is 2.40 bits per heavy atom. The van der Waals surface area contributed by atoms with Crippen LogP contribution in [-0.4, -0.2) is 37.2 Å². The molecule has 1 aromatic heterocycles. The Hall–Kier alpha value is -1.00. The number of pyridine rings is 1. The lowest BCUT2D eigenvalue weighted by molar-refractivity contribution is 0.478. The summed E-state index contributed by atoms with van der Waals surface area (Å²) in [5.74, 6) is 1.04. The van der Waals surface area contributed by atoms with Gasteiger partial charge in [-0.05, 0) is 6.07 Å². The number of nitrogens with one attached hydrogen (secondary N) is 2. The van der Waals surface area contributed by atoms with Gasteiger partial charge in [-0.1, -0.05) is 11.6 Å². The smallest absolute Gasteiger partial charge is 0.152 e. The van der Waals surface area contributed by atoms with Gasteiger partial charge in [0.05, 0.1) is 16.8 Å². The highest BCUT2D eigenvalue weighted by atomic mass is 35.5. The van der Waals surface area contributed by atoms with Crippen LogP contribution in [0, 0.1) is 0 Å². The number of halogens is 1. The highest BCUT2D eigenvalue weighted by molar-refractivity contribution is 6.30. The van der Waals surface area contributed by atoms with Crippen molar-refractivity contribution < 1.29 is 0 Å². The standard InChI is InChI=1S/C10H13ClN4/c11-7-3-9-10(14-4-7)15-2-1-12-5-8(15)6-13-9/h3-4,8,12-13H,1-2,5-6H2. The van der Waals surface area contributed by atoms with Gasteiger partial charge in [-0.15, -0.1) is 0 Å². The van der Waals surface area contributed by atoms with Gasteiger partial charge in [-0.2, -0.15) is 0 Å². The molecule has 1 unspecified atom stereocenters. The summed E-state index contributed by atoms with van der Waals surface area (Å²) in [7, 11) is 0. The lowest BCUT2D eigenvalue weighted by atomic mass is 10.1. The van der Waals surface area contributed by atoms with E-state index in [-0.39, 0.29) is 0 Å². The van der Waals surface area contributed by atoms with Crippen LogP contribution in [0.15, 0.2) is 12.3 Å². The van der Waals surface area contributed by atoms with Gasteiger partial charge in [-0.25, -0.2) is 4.98 Å². The Morgan fingerprint density at radius 3 is 3.33 bits per heavy atom. The van der Waals surface area contributed by atoms with Gasteiger partial charge in [0, 0.05) is 32.4 Å². The second-order valence-corrected chi connectivity index (χ2v) is 4.39.